The van der Waals surface area contributed by atoms with Crippen molar-refractivity contribution in [3.05, 3.63) is 65.7 Å². The quantitative estimate of drug-likeness (QED) is 0.470. The number of benzene rings is 2. The number of anilines is 1. The molecule has 0 aliphatic heterocycles. The molecule has 26 heavy (non-hydrogen) atoms. The highest BCUT2D eigenvalue weighted by Crippen LogP contribution is 2.15. The fourth-order valence-corrected chi connectivity index (χ4v) is 2.31. The van der Waals surface area contributed by atoms with Crippen LogP contribution < -0.4 is 5.32 Å². The van der Waals surface area contributed by atoms with Crippen molar-refractivity contribution >= 4 is 23.3 Å². The van der Waals surface area contributed by atoms with Crippen molar-refractivity contribution < 1.29 is 19.1 Å². The van der Waals surface area contributed by atoms with Crippen molar-refractivity contribution in [3.8, 4) is 6.07 Å². The minimum atomic E-state index is -1.49. The Labute approximate surface area is 151 Å². The summed E-state index contributed by atoms with van der Waals surface area (Å²) >= 11 is 0. The summed E-state index contributed by atoms with van der Waals surface area (Å²) in [5.74, 6) is -3.17. The number of amides is 1. The maximum Gasteiger partial charge on any atom is 0.331 e. The highest BCUT2D eigenvalue weighted by Gasteiger charge is 2.28. The molecule has 0 saturated heterocycles. The lowest BCUT2D eigenvalue weighted by molar-refractivity contribution is -0.144. The van der Waals surface area contributed by atoms with Gasteiger partial charge in [0.25, 0.3) is 0 Å². The number of carbonyl (C=O) groups excluding carboxylic acids is 3. The van der Waals surface area contributed by atoms with Crippen LogP contribution in [-0.4, -0.2) is 24.3 Å². The molecule has 2 aromatic rings. The van der Waals surface area contributed by atoms with Gasteiger partial charge in [-0.2, -0.15) is 5.26 Å². The zero-order valence-corrected chi connectivity index (χ0v) is 14.3. The van der Waals surface area contributed by atoms with E-state index in [0.717, 1.165) is 5.56 Å². The van der Waals surface area contributed by atoms with Gasteiger partial charge in [0, 0.05) is 11.3 Å². The molecule has 1 N–H and O–H groups in total. The van der Waals surface area contributed by atoms with Gasteiger partial charge in [-0.3, -0.25) is 14.4 Å². The van der Waals surface area contributed by atoms with Gasteiger partial charge in [-0.25, -0.2) is 0 Å². The third-order valence-corrected chi connectivity index (χ3v) is 3.57. The SMILES string of the molecule is CCOC(=O)C(C#N)C(=O)c1ccc(NC(=O)Cc2ccccc2)cc1. The first-order chi connectivity index (χ1) is 12.5. The summed E-state index contributed by atoms with van der Waals surface area (Å²) < 4.78 is 4.73. The Bertz CT molecular complexity index is 823. The minimum Gasteiger partial charge on any atom is -0.465 e. The number of nitrogens with zero attached hydrogens (tertiary/aromatic N) is 1. The number of rotatable bonds is 7. The van der Waals surface area contributed by atoms with Gasteiger partial charge < -0.3 is 10.1 Å². The number of nitriles is 1. The van der Waals surface area contributed by atoms with Gasteiger partial charge in [-0.15, -0.1) is 0 Å². The molecule has 0 saturated carbocycles. The zero-order chi connectivity index (χ0) is 18.9. The van der Waals surface area contributed by atoms with Crippen LogP contribution in [-0.2, 0) is 20.7 Å². The van der Waals surface area contributed by atoms with E-state index in [4.69, 9.17) is 10.00 Å². The first kappa shape index (κ1) is 18.9. The van der Waals surface area contributed by atoms with Crippen molar-refractivity contribution in [3.63, 3.8) is 0 Å². The van der Waals surface area contributed by atoms with Crippen LogP contribution in [0.25, 0.3) is 0 Å². The van der Waals surface area contributed by atoms with E-state index >= 15 is 0 Å². The normalized spacial score (nSPS) is 11.1. The smallest absolute Gasteiger partial charge is 0.331 e. The third kappa shape index (κ3) is 5.02. The number of hydrogen-bond acceptors (Lipinski definition) is 5. The molecular formula is C20H18N2O4. The maximum atomic E-state index is 12.3. The molecule has 0 aliphatic carbocycles. The van der Waals surface area contributed by atoms with Crippen LogP contribution in [0.1, 0.15) is 22.8 Å². The highest BCUT2D eigenvalue weighted by molar-refractivity contribution is 6.10. The van der Waals surface area contributed by atoms with Gasteiger partial charge in [0.1, 0.15) is 0 Å². The first-order valence-electron chi connectivity index (χ1n) is 8.09. The van der Waals surface area contributed by atoms with Crippen molar-refractivity contribution in [1.29, 1.82) is 5.26 Å². The maximum absolute atomic E-state index is 12.3. The molecular weight excluding hydrogens is 332 g/mol. The lowest BCUT2D eigenvalue weighted by atomic mass is 9.99. The lowest BCUT2D eigenvalue weighted by Crippen LogP contribution is -2.25. The van der Waals surface area contributed by atoms with Gasteiger partial charge in [-0.1, -0.05) is 30.3 Å². The molecule has 1 atom stereocenters. The molecule has 132 valence electrons. The van der Waals surface area contributed by atoms with E-state index in [9.17, 15) is 14.4 Å². The highest BCUT2D eigenvalue weighted by atomic mass is 16.5. The molecule has 1 unspecified atom stereocenters. The van der Waals surface area contributed by atoms with E-state index < -0.39 is 17.7 Å². The van der Waals surface area contributed by atoms with E-state index in [-0.39, 0.29) is 24.5 Å². The largest absolute Gasteiger partial charge is 0.465 e. The van der Waals surface area contributed by atoms with Crippen molar-refractivity contribution in [2.45, 2.75) is 13.3 Å². The Balaban J connectivity index is 2.01. The molecule has 2 aromatic carbocycles. The Kier molecular flexibility index (Phi) is 6.63. The summed E-state index contributed by atoms with van der Waals surface area (Å²) in [6, 6.07) is 17.0. The van der Waals surface area contributed by atoms with E-state index in [1.807, 2.05) is 30.3 Å². The number of hydrogen-bond donors (Lipinski definition) is 1. The predicted molar refractivity (Wildman–Crippen MR) is 95.3 cm³/mol. The molecule has 1 amide bonds. The molecule has 0 aromatic heterocycles. The molecule has 0 bridgehead atoms. The van der Waals surface area contributed by atoms with Crippen LogP contribution in [0.4, 0.5) is 5.69 Å². The Morgan fingerprint density at radius 1 is 1.08 bits per heavy atom. The number of nitrogens with one attached hydrogen (secondary N) is 1. The van der Waals surface area contributed by atoms with Crippen LogP contribution >= 0.6 is 0 Å². The van der Waals surface area contributed by atoms with Gasteiger partial charge in [0.15, 0.2) is 5.78 Å². The molecule has 6 nitrogen and oxygen atoms in total. The fourth-order valence-electron chi connectivity index (χ4n) is 2.31. The van der Waals surface area contributed by atoms with E-state index in [0.29, 0.717) is 5.69 Å². The zero-order valence-electron chi connectivity index (χ0n) is 14.3. The molecule has 0 fully saturated rings. The fraction of sp³-hybridized carbons (Fsp3) is 0.200. The van der Waals surface area contributed by atoms with Crippen LogP contribution in [0.15, 0.2) is 54.6 Å². The van der Waals surface area contributed by atoms with E-state index in [1.165, 1.54) is 12.1 Å². The van der Waals surface area contributed by atoms with Crippen LogP contribution in [0.3, 0.4) is 0 Å². The summed E-state index contributed by atoms with van der Waals surface area (Å²) in [7, 11) is 0. The number of Topliss-reactive ketones (excluding diaryl/α,β-unsaturated/α-hetero) is 1. The predicted octanol–water partition coefficient (Wildman–Crippen LogP) is 2.75. The van der Waals surface area contributed by atoms with Crippen LogP contribution in [0.2, 0.25) is 0 Å². The van der Waals surface area contributed by atoms with Gasteiger partial charge in [0.2, 0.25) is 11.8 Å². The number of ketones is 1. The first-order valence-corrected chi connectivity index (χ1v) is 8.09. The molecule has 0 heterocycles. The Morgan fingerprint density at radius 3 is 2.31 bits per heavy atom. The second-order valence-electron chi connectivity index (χ2n) is 5.47. The standard InChI is InChI=1S/C20H18N2O4/c1-2-26-20(25)17(13-21)19(24)15-8-10-16(11-9-15)22-18(23)12-14-6-4-3-5-7-14/h3-11,17H,2,12H2,1H3,(H,22,23). The van der Waals surface area contributed by atoms with E-state index in [2.05, 4.69) is 5.32 Å². The molecule has 0 radical (unpaired) electrons. The molecule has 6 heteroatoms. The van der Waals surface area contributed by atoms with Gasteiger partial charge in [-0.05, 0) is 36.8 Å². The summed E-state index contributed by atoms with van der Waals surface area (Å²) in [4.78, 5) is 35.9. The third-order valence-electron chi connectivity index (χ3n) is 3.57. The van der Waals surface area contributed by atoms with Crippen LogP contribution in [0.5, 0.6) is 0 Å². The topological polar surface area (TPSA) is 96.3 Å². The monoisotopic (exact) mass is 350 g/mol. The minimum absolute atomic E-state index is 0.0939. The second-order valence-corrected chi connectivity index (χ2v) is 5.47. The molecule has 2 rings (SSSR count). The summed E-state index contributed by atoms with van der Waals surface area (Å²) in [5, 5.41) is 11.8. The van der Waals surface area contributed by atoms with Gasteiger partial charge >= 0.3 is 5.97 Å². The second kappa shape index (κ2) is 9.14. The van der Waals surface area contributed by atoms with Crippen molar-refractivity contribution in [2.24, 2.45) is 5.92 Å². The Hall–Kier alpha value is -3.46. The summed E-state index contributed by atoms with van der Waals surface area (Å²) in [5.41, 5.74) is 1.61. The Morgan fingerprint density at radius 2 is 1.73 bits per heavy atom. The van der Waals surface area contributed by atoms with E-state index in [1.54, 1.807) is 25.1 Å². The molecule has 0 spiro atoms. The average Bonchev–Trinajstić information content (AvgIpc) is 2.64. The van der Waals surface area contributed by atoms with Crippen LogP contribution in [0, 0.1) is 17.2 Å². The lowest BCUT2D eigenvalue weighted by Gasteiger charge is -2.09. The number of ether oxygens (including phenoxy) is 1. The molecule has 0 aliphatic rings. The van der Waals surface area contributed by atoms with Gasteiger partial charge in [0.05, 0.1) is 19.1 Å². The van der Waals surface area contributed by atoms with Crippen molar-refractivity contribution in [2.75, 3.05) is 11.9 Å². The summed E-state index contributed by atoms with van der Waals surface area (Å²) in [6.45, 7) is 1.69. The average molecular weight is 350 g/mol. The summed E-state index contributed by atoms with van der Waals surface area (Å²) in [6.07, 6.45) is 0.237. The number of carbonyl (C=O) groups is 3. The number of esters is 1. The van der Waals surface area contributed by atoms with Crippen molar-refractivity contribution in [1.82, 2.24) is 0 Å².